The van der Waals surface area contributed by atoms with E-state index in [9.17, 15) is 14.0 Å². The minimum atomic E-state index is -0.616. The quantitative estimate of drug-likeness (QED) is 0.769. The van der Waals surface area contributed by atoms with Crippen molar-refractivity contribution < 1.29 is 14.0 Å². The van der Waals surface area contributed by atoms with Crippen molar-refractivity contribution in [3.8, 4) is 0 Å². The lowest BCUT2D eigenvalue weighted by molar-refractivity contribution is -0.124. The van der Waals surface area contributed by atoms with E-state index in [4.69, 9.17) is 0 Å². The zero-order chi connectivity index (χ0) is 16.8. The lowest BCUT2D eigenvalue weighted by Crippen LogP contribution is -2.54. The van der Waals surface area contributed by atoms with Crippen molar-refractivity contribution >= 4 is 11.8 Å². The van der Waals surface area contributed by atoms with Crippen LogP contribution < -0.4 is 16.0 Å². The van der Waals surface area contributed by atoms with E-state index in [2.05, 4.69) is 16.0 Å². The number of amides is 2. The molecule has 0 bridgehead atoms. The summed E-state index contributed by atoms with van der Waals surface area (Å²) in [5.41, 5.74) is 0.337. The van der Waals surface area contributed by atoms with Crippen molar-refractivity contribution in [3.05, 3.63) is 35.6 Å². The molecule has 1 aliphatic rings. The van der Waals surface area contributed by atoms with E-state index in [1.807, 2.05) is 13.8 Å². The second kappa shape index (κ2) is 8.06. The topological polar surface area (TPSA) is 70.2 Å². The van der Waals surface area contributed by atoms with Gasteiger partial charge in [0.05, 0.1) is 0 Å². The first kappa shape index (κ1) is 17.4. The molecule has 0 saturated carbocycles. The highest BCUT2D eigenvalue weighted by atomic mass is 19.1. The highest BCUT2D eigenvalue weighted by Gasteiger charge is 2.27. The summed E-state index contributed by atoms with van der Waals surface area (Å²) in [5.74, 6) is -0.995. The van der Waals surface area contributed by atoms with E-state index in [0.29, 0.717) is 5.56 Å². The average Bonchev–Trinajstić information content (AvgIpc) is 2.53. The van der Waals surface area contributed by atoms with Crippen LogP contribution in [-0.4, -0.2) is 37.0 Å². The summed E-state index contributed by atoms with van der Waals surface area (Å²) in [4.78, 5) is 24.7. The van der Waals surface area contributed by atoms with Gasteiger partial charge in [-0.25, -0.2) is 4.39 Å². The summed E-state index contributed by atoms with van der Waals surface area (Å²) in [5, 5.41) is 8.98. The molecule has 1 aliphatic heterocycles. The molecule has 0 radical (unpaired) electrons. The van der Waals surface area contributed by atoms with Crippen LogP contribution in [0.4, 0.5) is 4.39 Å². The molecule has 0 aromatic heterocycles. The van der Waals surface area contributed by atoms with Crippen LogP contribution >= 0.6 is 0 Å². The van der Waals surface area contributed by atoms with Gasteiger partial charge in [-0.2, -0.15) is 0 Å². The van der Waals surface area contributed by atoms with Crippen LogP contribution in [0.1, 0.15) is 37.0 Å². The number of carbonyl (C=O) groups is 2. The Hall–Kier alpha value is -1.95. The molecule has 2 rings (SSSR count). The third-order valence-electron chi connectivity index (χ3n) is 3.99. The van der Waals surface area contributed by atoms with Crippen molar-refractivity contribution in [3.63, 3.8) is 0 Å². The van der Waals surface area contributed by atoms with E-state index in [1.165, 1.54) is 24.3 Å². The standard InChI is InChI=1S/C17H24FN3O2/c1-11(2)15(17(23)20-14-4-3-9-19-10-14)21-16(22)12-5-7-13(18)8-6-12/h5-8,11,14-15,19H,3-4,9-10H2,1-2H3,(H,20,23)(H,21,22)/t14-,15?/m0/s1. The summed E-state index contributed by atoms with van der Waals surface area (Å²) in [6.45, 7) is 5.49. The van der Waals surface area contributed by atoms with Crippen molar-refractivity contribution in [1.29, 1.82) is 0 Å². The van der Waals surface area contributed by atoms with Gasteiger partial charge in [-0.1, -0.05) is 13.8 Å². The van der Waals surface area contributed by atoms with E-state index in [0.717, 1.165) is 25.9 Å². The molecular formula is C17H24FN3O2. The Kier molecular flexibility index (Phi) is 6.10. The molecule has 2 atom stereocenters. The molecule has 1 aromatic carbocycles. The molecule has 5 nitrogen and oxygen atoms in total. The molecule has 23 heavy (non-hydrogen) atoms. The Balaban J connectivity index is 1.98. The first-order valence-electron chi connectivity index (χ1n) is 8.05. The van der Waals surface area contributed by atoms with Gasteiger partial charge in [0, 0.05) is 18.2 Å². The Morgan fingerprint density at radius 1 is 1.26 bits per heavy atom. The fraction of sp³-hybridized carbons (Fsp3) is 0.529. The Morgan fingerprint density at radius 3 is 2.52 bits per heavy atom. The summed E-state index contributed by atoms with van der Waals surface area (Å²) in [7, 11) is 0. The maximum absolute atomic E-state index is 12.9. The molecular weight excluding hydrogens is 297 g/mol. The second-order valence-corrected chi connectivity index (χ2v) is 6.25. The minimum absolute atomic E-state index is 0.0454. The summed E-state index contributed by atoms with van der Waals surface area (Å²) < 4.78 is 12.9. The fourth-order valence-corrected chi connectivity index (χ4v) is 2.63. The van der Waals surface area contributed by atoms with E-state index < -0.39 is 11.9 Å². The van der Waals surface area contributed by atoms with Crippen LogP contribution in [0.25, 0.3) is 0 Å². The fourth-order valence-electron chi connectivity index (χ4n) is 2.63. The predicted molar refractivity (Wildman–Crippen MR) is 86.5 cm³/mol. The van der Waals surface area contributed by atoms with Crippen LogP contribution in [0, 0.1) is 11.7 Å². The molecule has 2 amide bonds. The Bertz CT molecular complexity index is 539. The molecule has 6 heteroatoms. The molecule has 1 aromatic rings. The summed E-state index contributed by atoms with van der Waals surface area (Å²) >= 11 is 0. The maximum Gasteiger partial charge on any atom is 0.251 e. The zero-order valence-corrected chi connectivity index (χ0v) is 13.6. The van der Waals surface area contributed by atoms with E-state index in [1.54, 1.807) is 0 Å². The zero-order valence-electron chi connectivity index (χ0n) is 13.6. The van der Waals surface area contributed by atoms with Gasteiger partial charge in [0.2, 0.25) is 5.91 Å². The molecule has 3 N–H and O–H groups in total. The van der Waals surface area contributed by atoms with Crippen LogP contribution in [0.5, 0.6) is 0 Å². The Morgan fingerprint density at radius 2 is 1.96 bits per heavy atom. The van der Waals surface area contributed by atoms with Gasteiger partial charge in [-0.15, -0.1) is 0 Å². The van der Waals surface area contributed by atoms with Gasteiger partial charge < -0.3 is 16.0 Å². The molecule has 1 unspecified atom stereocenters. The van der Waals surface area contributed by atoms with Crippen molar-refractivity contribution in [1.82, 2.24) is 16.0 Å². The van der Waals surface area contributed by atoms with Crippen LogP contribution in [-0.2, 0) is 4.79 Å². The Labute approximate surface area is 136 Å². The maximum atomic E-state index is 12.9. The van der Waals surface area contributed by atoms with Crippen molar-refractivity contribution in [2.75, 3.05) is 13.1 Å². The van der Waals surface area contributed by atoms with Crippen LogP contribution in [0.2, 0.25) is 0 Å². The van der Waals surface area contributed by atoms with E-state index >= 15 is 0 Å². The van der Waals surface area contributed by atoms with Gasteiger partial charge in [0.15, 0.2) is 0 Å². The lowest BCUT2D eigenvalue weighted by Gasteiger charge is -2.28. The van der Waals surface area contributed by atoms with Crippen molar-refractivity contribution in [2.45, 2.75) is 38.8 Å². The van der Waals surface area contributed by atoms with Crippen LogP contribution in [0.3, 0.4) is 0 Å². The highest BCUT2D eigenvalue weighted by Crippen LogP contribution is 2.08. The normalized spacial score (nSPS) is 19.2. The van der Waals surface area contributed by atoms with Crippen LogP contribution in [0.15, 0.2) is 24.3 Å². The first-order valence-corrected chi connectivity index (χ1v) is 8.05. The molecule has 1 saturated heterocycles. The monoisotopic (exact) mass is 321 g/mol. The number of benzene rings is 1. The lowest BCUT2D eigenvalue weighted by atomic mass is 10.0. The van der Waals surface area contributed by atoms with Gasteiger partial charge >= 0.3 is 0 Å². The van der Waals surface area contributed by atoms with E-state index in [-0.39, 0.29) is 23.8 Å². The number of carbonyl (C=O) groups excluding carboxylic acids is 2. The largest absolute Gasteiger partial charge is 0.350 e. The number of piperidine rings is 1. The third kappa shape index (κ3) is 5.03. The SMILES string of the molecule is CC(C)C(NC(=O)c1ccc(F)cc1)C(=O)N[C@H]1CCCNC1. The molecule has 1 heterocycles. The average molecular weight is 321 g/mol. The molecule has 0 spiro atoms. The molecule has 1 fully saturated rings. The summed E-state index contributed by atoms with van der Waals surface area (Å²) in [6.07, 6.45) is 1.97. The van der Waals surface area contributed by atoms with Gasteiger partial charge in [-0.05, 0) is 49.6 Å². The number of rotatable bonds is 5. The second-order valence-electron chi connectivity index (χ2n) is 6.25. The summed E-state index contributed by atoms with van der Waals surface area (Å²) in [6, 6.07) is 4.76. The van der Waals surface area contributed by atoms with Gasteiger partial charge in [0.1, 0.15) is 11.9 Å². The van der Waals surface area contributed by atoms with Gasteiger partial charge in [-0.3, -0.25) is 9.59 Å². The first-order chi connectivity index (χ1) is 11.0. The highest BCUT2D eigenvalue weighted by molar-refractivity contribution is 5.97. The third-order valence-corrected chi connectivity index (χ3v) is 3.99. The number of hydrogen-bond donors (Lipinski definition) is 3. The van der Waals surface area contributed by atoms with Crippen molar-refractivity contribution in [2.24, 2.45) is 5.92 Å². The predicted octanol–water partition coefficient (Wildman–Crippen LogP) is 1.45. The molecule has 126 valence electrons. The van der Waals surface area contributed by atoms with Gasteiger partial charge in [0.25, 0.3) is 5.91 Å². The number of nitrogens with one attached hydrogen (secondary N) is 3. The number of halogens is 1. The molecule has 0 aliphatic carbocycles. The minimum Gasteiger partial charge on any atom is -0.350 e. The number of hydrogen-bond acceptors (Lipinski definition) is 3. The smallest absolute Gasteiger partial charge is 0.251 e.